The molecule has 0 aliphatic rings. The average molecular weight is 221 g/mol. The van der Waals surface area contributed by atoms with E-state index in [2.05, 4.69) is 34.3 Å². The van der Waals surface area contributed by atoms with Gasteiger partial charge in [0.1, 0.15) is 3.70 Å². The van der Waals surface area contributed by atoms with Gasteiger partial charge in [0.15, 0.2) is 0 Å². The summed E-state index contributed by atoms with van der Waals surface area (Å²) in [5.74, 6) is 0. The molecular formula is C6H8IN. The lowest BCUT2D eigenvalue weighted by atomic mass is 10.5. The molecule has 0 saturated heterocycles. The van der Waals surface area contributed by atoms with Gasteiger partial charge in [-0.2, -0.15) is 0 Å². The molecule has 1 nitrogen and oxygen atoms in total. The molecule has 0 aromatic rings. The maximum absolute atomic E-state index is 3.67. The van der Waals surface area contributed by atoms with Gasteiger partial charge in [-0.3, -0.25) is 4.99 Å². The van der Waals surface area contributed by atoms with E-state index in [-0.39, 0.29) is 0 Å². The zero-order valence-electron chi connectivity index (χ0n) is 4.76. The van der Waals surface area contributed by atoms with Gasteiger partial charge < -0.3 is 0 Å². The number of hydrogen-bond donors (Lipinski definition) is 0. The van der Waals surface area contributed by atoms with Crippen molar-refractivity contribution in [2.45, 2.75) is 6.92 Å². The van der Waals surface area contributed by atoms with Crippen molar-refractivity contribution in [3.8, 4) is 0 Å². The molecule has 2 heteroatoms. The van der Waals surface area contributed by atoms with E-state index in [1.807, 2.05) is 25.2 Å². The van der Waals surface area contributed by atoms with Crippen LogP contribution in [0.3, 0.4) is 0 Å². The van der Waals surface area contributed by atoms with Crippen LogP contribution in [0, 0.1) is 0 Å². The minimum atomic E-state index is 0.917. The first kappa shape index (κ1) is 7.88. The van der Waals surface area contributed by atoms with Crippen LogP contribution >= 0.6 is 22.6 Å². The smallest absolute Gasteiger partial charge is 0.100 e. The molecule has 0 aliphatic carbocycles. The minimum absolute atomic E-state index is 0.917. The fourth-order valence-electron chi connectivity index (χ4n) is 0.228. The molecule has 8 heavy (non-hydrogen) atoms. The molecule has 0 saturated carbocycles. The number of hydrogen-bond acceptors (Lipinski definition) is 1. The topological polar surface area (TPSA) is 12.4 Å². The number of nitrogens with zero attached hydrogens (tertiary/aromatic N) is 1. The standard InChI is InChI=1S/C6H8IN/c1-3-4-5-6(7)8-2/h3-5H,2H2,1H3/b4-3-,6-5-. The minimum Gasteiger partial charge on any atom is -0.258 e. The van der Waals surface area contributed by atoms with Crippen molar-refractivity contribution in [3.05, 3.63) is 21.9 Å². The number of aliphatic imine (C=N–C) groups is 1. The van der Waals surface area contributed by atoms with Gasteiger partial charge in [-0.1, -0.05) is 12.2 Å². The lowest BCUT2D eigenvalue weighted by molar-refractivity contribution is 1.58. The molecule has 0 rings (SSSR count). The number of halogens is 1. The fourth-order valence-corrected chi connectivity index (χ4v) is 0.436. The van der Waals surface area contributed by atoms with Crippen LogP contribution in [0.15, 0.2) is 26.9 Å². The van der Waals surface area contributed by atoms with E-state index in [0.29, 0.717) is 0 Å². The first-order chi connectivity index (χ1) is 3.81. The second-order valence-electron chi connectivity index (χ2n) is 1.17. The molecule has 0 amide bonds. The van der Waals surface area contributed by atoms with Crippen molar-refractivity contribution in [1.82, 2.24) is 0 Å². The third-order valence-electron chi connectivity index (χ3n) is 0.577. The Balaban J connectivity index is 3.74. The molecule has 0 fully saturated rings. The summed E-state index contributed by atoms with van der Waals surface area (Å²) in [7, 11) is 0. The summed E-state index contributed by atoms with van der Waals surface area (Å²) in [5.41, 5.74) is 0. The molecule has 0 aliphatic heterocycles. The van der Waals surface area contributed by atoms with Crippen LogP contribution in [0.4, 0.5) is 0 Å². The lowest BCUT2D eigenvalue weighted by Crippen LogP contribution is -1.55. The largest absolute Gasteiger partial charge is 0.258 e. The van der Waals surface area contributed by atoms with Crippen LogP contribution in [0.25, 0.3) is 0 Å². The molecule has 0 aromatic heterocycles. The molecule has 0 heterocycles. The molecule has 0 aromatic carbocycles. The van der Waals surface area contributed by atoms with E-state index >= 15 is 0 Å². The first-order valence-corrected chi connectivity index (χ1v) is 3.34. The van der Waals surface area contributed by atoms with Crippen molar-refractivity contribution in [1.29, 1.82) is 0 Å². The van der Waals surface area contributed by atoms with Crippen molar-refractivity contribution in [3.63, 3.8) is 0 Å². The van der Waals surface area contributed by atoms with Gasteiger partial charge in [-0.15, -0.1) is 0 Å². The normalized spacial score (nSPS) is 12.5. The van der Waals surface area contributed by atoms with E-state index in [9.17, 15) is 0 Å². The molecule has 0 spiro atoms. The second-order valence-corrected chi connectivity index (χ2v) is 2.28. The third-order valence-corrected chi connectivity index (χ3v) is 1.28. The predicted octanol–water partition coefficient (Wildman–Crippen LogP) is 2.54. The highest BCUT2D eigenvalue weighted by Gasteiger charge is 1.74. The zero-order valence-corrected chi connectivity index (χ0v) is 6.92. The van der Waals surface area contributed by atoms with Gasteiger partial charge in [-0.25, -0.2) is 0 Å². The molecule has 0 N–H and O–H groups in total. The summed E-state index contributed by atoms with van der Waals surface area (Å²) in [6.07, 6.45) is 5.77. The van der Waals surface area contributed by atoms with Crippen LogP contribution in [0.1, 0.15) is 6.92 Å². The summed E-state index contributed by atoms with van der Waals surface area (Å²) in [6, 6.07) is 0. The van der Waals surface area contributed by atoms with Gasteiger partial charge in [0.2, 0.25) is 0 Å². The van der Waals surface area contributed by atoms with Crippen molar-refractivity contribution >= 4 is 29.3 Å². The monoisotopic (exact) mass is 221 g/mol. The molecule has 0 radical (unpaired) electrons. The van der Waals surface area contributed by atoms with Crippen LogP contribution in [0.5, 0.6) is 0 Å². The summed E-state index contributed by atoms with van der Waals surface area (Å²) in [6.45, 7) is 5.32. The van der Waals surface area contributed by atoms with Gasteiger partial charge in [0, 0.05) is 0 Å². The van der Waals surface area contributed by atoms with E-state index in [0.717, 1.165) is 3.70 Å². The van der Waals surface area contributed by atoms with Gasteiger partial charge in [0.05, 0.1) is 0 Å². The summed E-state index contributed by atoms with van der Waals surface area (Å²) >= 11 is 2.11. The van der Waals surface area contributed by atoms with E-state index in [1.54, 1.807) is 0 Å². The van der Waals surface area contributed by atoms with Gasteiger partial charge >= 0.3 is 0 Å². The predicted molar refractivity (Wildman–Crippen MR) is 46.5 cm³/mol. The molecule has 0 bridgehead atoms. The SMILES string of the molecule is C=N/C(I)=C\C=C/C. The summed E-state index contributed by atoms with van der Waals surface area (Å²) in [4.78, 5) is 3.67. The van der Waals surface area contributed by atoms with Crippen molar-refractivity contribution < 1.29 is 0 Å². The maximum Gasteiger partial charge on any atom is 0.100 e. The van der Waals surface area contributed by atoms with E-state index in [1.165, 1.54) is 0 Å². The van der Waals surface area contributed by atoms with Crippen LogP contribution in [0.2, 0.25) is 0 Å². The molecule has 44 valence electrons. The van der Waals surface area contributed by atoms with Gasteiger partial charge in [0.25, 0.3) is 0 Å². The quantitative estimate of drug-likeness (QED) is 0.294. The number of allylic oxidation sites excluding steroid dienone is 3. The van der Waals surface area contributed by atoms with Crippen molar-refractivity contribution in [2.75, 3.05) is 0 Å². The van der Waals surface area contributed by atoms with Crippen LogP contribution in [-0.4, -0.2) is 6.72 Å². The third kappa shape index (κ3) is 4.05. The Bertz CT molecular complexity index is 124. The summed E-state index contributed by atoms with van der Waals surface area (Å²) < 4.78 is 0.917. The Morgan fingerprint density at radius 3 is 2.75 bits per heavy atom. The van der Waals surface area contributed by atoms with Crippen LogP contribution < -0.4 is 0 Å². The Morgan fingerprint density at radius 1 is 1.75 bits per heavy atom. The average Bonchev–Trinajstić information content (AvgIpc) is 1.83. The highest BCUT2D eigenvalue weighted by molar-refractivity contribution is 14.1. The van der Waals surface area contributed by atoms with Crippen LogP contribution in [-0.2, 0) is 0 Å². The van der Waals surface area contributed by atoms with Crippen molar-refractivity contribution in [2.24, 2.45) is 4.99 Å². The molecular weight excluding hydrogens is 213 g/mol. The highest BCUT2D eigenvalue weighted by atomic mass is 127. The first-order valence-electron chi connectivity index (χ1n) is 2.26. The summed E-state index contributed by atoms with van der Waals surface area (Å²) in [5, 5.41) is 0. The Hall–Kier alpha value is -0.120. The molecule has 0 atom stereocenters. The molecule has 0 unspecified atom stereocenters. The number of rotatable bonds is 2. The lowest BCUT2D eigenvalue weighted by Gasteiger charge is -1.78. The Morgan fingerprint density at radius 2 is 2.38 bits per heavy atom. The maximum atomic E-state index is 3.67. The fraction of sp³-hybridized carbons (Fsp3) is 0.167. The van der Waals surface area contributed by atoms with E-state index in [4.69, 9.17) is 0 Å². The second kappa shape index (κ2) is 5.03. The Labute approximate surface area is 63.3 Å². The van der Waals surface area contributed by atoms with E-state index < -0.39 is 0 Å². The zero-order chi connectivity index (χ0) is 6.41. The van der Waals surface area contributed by atoms with Gasteiger partial charge in [-0.05, 0) is 42.3 Å². The Kier molecular flexibility index (Phi) is 4.95. The highest BCUT2D eigenvalue weighted by Crippen LogP contribution is 2.04.